The fraction of sp³-hybridized carbons (Fsp3) is 0.571. The molecule has 0 aliphatic rings. The Morgan fingerprint density at radius 1 is 1.35 bits per heavy atom. The maximum absolute atomic E-state index is 5.48. The van der Waals surface area contributed by atoms with Crippen LogP contribution < -0.4 is 10.6 Å². The highest BCUT2D eigenvalue weighted by Crippen LogP contribution is 1.92. The number of pyridine rings is 1. The summed E-state index contributed by atoms with van der Waals surface area (Å²) in [7, 11) is 1.76. The van der Waals surface area contributed by atoms with Gasteiger partial charge in [0.1, 0.15) is 0 Å². The number of aromatic nitrogens is 1. The van der Waals surface area contributed by atoms with Crippen LogP contribution in [0.1, 0.15) is 26.0 Å². The molecule has 1 rings (SSSR count). The van der Waals surface area contributed by atoms with Crippen LogP contribution in [0.4, 0.5) is 0 Å². The molecule has 0 spiro atoms. The van der Waals surface area contributed by atoms with Gasteiger partial charge in [-0.25, -0.2) is 0 Å². The van der Waals surface area contributed by atoms with E-state index in [2.05, 4.69) is 20.6 Å². The summed E-state index contributed by atoms with van der Waals surface area (Å²) in [5.41, 5.74) is 0.994. The Kier molecular flexibility index (Phi) is 11.4. The molecule has 0 radical (unpaired) electrons. The Labute approximate surface area is 138 Å². The number of nitrogens with zero attached hydrogens (tertiary/aromatic N) is 2. The molecule has 0 aliphatic carbocycles. The second-order valence-electron chi connectivity index (χ2n) is 4.45. The van der Waals surface area contributed by atoms with Crippen LogP contribution in [0.5, 0.6) is 0 Å². The van der Waals surface area contributed by atoms with Gasteiger partial charge in [0.2, 0.25) is 0 Å². The largest absolute Gasteiger partial charge is 0.379 e. The van der Waals surface area contributed by atoms with Crippen molar-refractivity contribution >= 4 is 29.9 Å². The summed E-state index contributed by atoms with van der Waals surface area (Å²) in [4.78, 5) is 8.41. The van der Waals surface area contributed by atoms with E-state index in [0.717, 1.165) is 31.2 Å². The average molecular weight is 392 g/mol. The van der Waals surface area contributed by atoms with Gasteiger partial charge in [0.25, 0.3) is 0 Å². The van der Waals surface area contributed by atoms with E-state index in [-0.39, 0.29) is 24.0 Å². The second kappa shape index (κ2) is 11.9. The van der Waals surface area contributed by atoms with Gasteiger partial charge in [0.15, 0.2) is 5.96 Å². The van der Waals surface area contributed by atoms with Crippen molar-refractivity contribution in [1.29, 1.82) is 0 Å². The fourth-order valence-corrected chi connectivity index (χ4v) is 1.50. The Bertz CT molecular complexity index is 371. The smallest absolute Gasteiger partial charge is 0.191 e. The number of nitrogens with one attached hydrogen (secondary N) is 2. The summed E-state index contributed by atoms with van der Waals surface area (Å²) in [6.07, 6.45) is 3.04. The average Bonchev–Trinajstić information content (AvgIpc) is 2.42. The third-order valence-corrected chi connectivity index (χ3v) is 2.45. The van der Waals surface area contributed by atoms with Gasteiger partial charge in [-0.3, -0.25) is 9.98 Å². The van der Waals surface area contributed by atoms with Gasteiger partial charge in [0.05, 0.1) is 18.3 Å². The second-order valence-corrected chi connectivity index (χ2v) is 4.45. The van der Waals surface area contributed by atoms with E-state index >= 15 is 0 Å². The number of aliphatic imine (C=N–C) groups is 1. The molecular formula is C14H25IN4O. The van der Waals surface area contributed by atoms with E-state index in [0.29, 0.717) is 12.6 Å². The molecule has 0 amide bonds. The minimum atomic E-state index is 0. The number of halogens is 1. The molecule has 1 aromatic heterocycles. The molecule has 0 aromatic carbocycles. The molecule has 1 aromatic rings. The predicted octanol–water partition coefficient (Wildman–Crippen LogP) is 2.18. The van der Waals surface area contributed by atoms with Crippen molar-refractivity contribution in [2.24, 2.45) is 4.99 Å². The third kappa shape index (κ3) is 9.08. The van der Waals surface area contributed by atoms with Gasteiger partial charge < -0.3 is 15.4 Å². The topological polar surface area (TPSA) is 58.5 Å². The van der Waals surface area contributed by atoms with Crippen molar-refractivity contribution in [3.05, 3.63) is 30.1 Å². The summed E-state index contributed by atoms with van der Waals surface area (Å²) < 4.78 is 5.48. The Hall–Kier alpha value is -0.890. The molecule has 0 unspecified atom stereocenters. The first kappa shape index (κ1) is 19.1. The van der Waals surface area contributed by atoms with E-state index in [1.165, 1.54) is 0 Å². The first-order valence-electron chi connectivity index (χ1n) is 6.68. The molecular weight excluding hydrogens is 367 g/mol. The van der Waals surface area contributed by atoms with Gasteiger partial charge in [-0.1, -0.05) is 6.07 Å². The minimum absolute atomic E-state index is 0. The fourth-order valence-electron chi connectivity index (χ4n) is 1.50. The Morgan fingerprint density at radius 2 is 2.15 bits per heavy atom. The standard InChI is InChI=1S/C14H24N4O.HI/c1-12(2)19-10-6-9-17-14(15-3)18-11-13-7-4-5-8-16-13;/h4-5,7-8,12H,6,9-11H2,1-3H3,(H2,15,17,18);1H. The monoisotopic (exact) mass is 392 g/mol. The first-order chi connectivity index (χ1) is 9.22. The first-order valence-corrected chi connectivity index (χ1v) is 6.68. The van der Waals surface area contributed by atoms with E-state index in [1.807, 2.05) is 32.0 Å². The number of rotatable bonds is 7. The lowest BCUT2D eigenvalue weighted by atomic mass is 10.3. The number of hydrogen-bond donors (Lipinski definition) is 2. The highest BCUT2D eigenvalue weighted by molar-refractivity contribution is 14.0. The lowest BCUT2D eigenvalue weighted by Gasteiger charge is -2.12. The van der Waals surface area contributed by atoms with Crippen LogP contribution in [0, 0.1) is 0 Å². The van der Waals surface area contributed by atoms with Crippen molar-refractivity contribution in [3.63, 3.8) is 0 Å². The lowest BCUT2D eigenvalue weighted by molar-refractivity contribution is 0.0776. The number of hydrogen-bond acceptors (Lipinski definition) is 3. The zero-order chi connectivity index (χ0) is 13.9. The van der Waals surface area contributed by atoms with Gasteiger partial charge in [-0.05, 0) is 32.4 Å². The molecule has 2 N–H and O–H groups in total. The Morgan fingerprint density at radius 3 is 2.75 bits per heavy atom. The highest BCUT2D eigenvalue weighted by atomic mass is 127. The molecule has 1 heterocycles. The molecule has 5 nitrogen and oxygen atoms in total. The normalized spacial score (nSPS) is 11.1. The van der Waals surface area contributed by atoms with Gasteiger partial charge in [0, 0.05) is 26.4 Å². The van der Waals surface area contributed by atoms with Gasteiger partial charge >= 0.3 is 0 Å². The van der Waals surface area contributed by atoms with Gasteiger partial charge in [-0.2, -0.15) is 0 Å². The van der Waals surface area contributed by atoms with E-state index in [1.54, 1.807) is 13.2 Å². The molecule has 114 valence electrons. The maximum atomic E-state index is 5.48. The summed E-state index contributed by atoms with van der Waals surface area (Å²) >= 11 is 0. The van der Waals surface area contributed by atoms with Crippen molar-refractivity contribution in [1.82, 2.24) is 15.6 Å². The summed E-state index contributed by atoms with van der Waals surface area (Å²) in [6, 6.07) is 5.87. The minimum Gasteiger partial charge on any atom is -0.379 e. The van der Waals surface area contributed by atoms with Crippen molar-refractivity contribution in [3.8, 4) is 0 Å². The number of guanidine groups is 1. The third-order valence-electron chi connectivity index (χ3n) is 2.45. The van der Waals surface area contributed by atoms with Crippen LogP contribution in [-0.4, -0.2) is 37.2 Å². The predicted molar refractivity (Wildman–Crippen MR) is 93.6 cm³/mol. The van der Waals surface area contributed by atoms with Gasteiger partial charge in [-0.15, -0.1) is 24.0 Å². The molecule has 6 heteroatoms. The molecule has 0 fully saturated rings. The summed E-state index contributed by atoms with van der Waals surface area (Å²) in [5, 5.41) is 6.47. The van der Waals surface area contributed by atoms with Crippen LogP contribution in [0.3, 0.4) is 0 Å². The van der Waals surface area contributed by atoms with E-state index in [9.17, 15) is 0 Å². The van der Waals surface area contributed by atoms with E-state index < -0.39 is 0 Å². The molecule has 0 atom stereocenters. The number of ether oxygens (including phenoxy) is 1. The van der Waals surface area contributed by atoms with Crippen LogP contribution in [0.25, 0.3) is 0 Å². The zero-order valence-electron chi connectivity index (χ0n) is 12.4. The van der Waals surface area contributed by atoms with Crippen molar-refractivity contribution in [2.45, 2.75) is 32.9 Å². The van der Waals surface area contributed by atoms with Crippen LogP contribution in [0.15, 0.2) is 29.4 Å². The van der Waals surface area contributed by atoms with Crippen LogP contribution >= 0.6 is 24.0 Å². The van der Waals surface area contributed by atoms with Crippen molar-refractivity contribution in [2.75, 3.05) is 20.2 Å². The molecule has 20 heavy (non-hydrogen) atoms. The summed E-state index contributed by atoms with van der Waals surface area (Å²) in [6.45, 7) is 6.36. The lowest BCUT2D eigenvalue weighted by Crippen LogP contribution is -2.37. The quantitative estimate of drug-likeness (QED) is 0.323. The SMILES string of the molecule is CN=C(NCCCOC(C)C)NCc1ccccn1.I. The van der Waals surface area contributed by atoms with Crippen LogP contribution in [0.2, 0.25) is 0 Å². The zero-order valence-corrected chi connectivity index (χ0v) is 14.8. The van der Waals surface area contributed by atoms with Crippen LogP contribution in [-0.2, 0) is 11.3 Å². The maximum Gasteiger partial charge on any atom is 0.191 e. The molecule has 0 bridgehead atoms. The Balaban J connectivity index is 0.00000361. The molecule has 0 aliphatic heterocycles. The van der Waals surface area contributed by atoms with E-state index in [4.69, 9.17) is 4.74 Å². The molecule has 0 saturated carbocycles. The summed E-state index contributed by atoms with van der Waals surface area (Å²) in [5.74, 6) is 0.787. The highest BCUT2D eigenvalue weighted by Gasteiger charge is 1.98. The molecule has 0 saturated heterocycles. The van der Waals surface area contributed by atoms with Crippen molar-refractivity contribution < 1.29 is 4.74 Å².